The minimum absolute atomic E-state index is 0.169. The Morgan fingerprint density at radius 1 is 1.09 bits per heavy atom. The lowest BCUT2D eigenvalue weighted by Crippen LogP contribution is -2.33. The first-order valence-electron chi connectivity index (χ1n) is 7.33. The van der Waals surface area contributed by atoms with Gasteiger partial charge in [-0.1, -0.05) is 36.4 Å². The minimum Gasteiger partial charge on any atom is -0.490 e. The Morgan fingerprint density at radius 2 is 1.77 bits per heavy atom. The Kier molecular flexibility index (Phi) is 5.77. The third-order valence-corrected chi connectivity index (χ3v) is 3.95. The molecule has 0 fully saturated rings. The molecule has 0 saturated carbocycles. The van der Waals surface area contributed by atoms with Gasteiger partial charge in [-0.25, -0.2) is 0 Å². The Morgan fingerprint density at radius 3 is 2.36 bits per heavy atom. The SMILES string of the molecule is COC(COC1=CC(c2ccccc2)C=CC1(C)OC)OC. The van der Waals surface area contributed by atoms with Crippen molar-refractivity contribution in [2.45, 2.75) is 24.7 Å². The monoisotopic (exact) mass is 304 g/mol. The summed E-state index contributed by atoms with van der Waals surface area (Å²) in [6.45, 7) is 2.29. The van der Waals surface area contributed by atoms with E-state index < -0.39 is 11.9 Å². The molecule has 1 aromatic rings. The van der Waals surface area contributed by atoms with E-state index in [1.807, 2.05) is 31.2 Å². The third kappa shape index (κ3) is 3.77. The van der Waals surface area contributed by atoms with Crippen LogP contribution in [-0.4, -0.2) is 39.8 Å². The van der Waals surface area contributed by atoms with Gasteiger partial charge in [0.15, 0.2) is 6.29 Å². The van der Waals surface area contributed by atoms with Crippen molar-refractivity contribution in [1.29, 1.82) is 0 Å². The largest absolute Gasteiger partial charge is 0.490 e. The summed E-state index contributed by atoms with van der Waals surface area (Å²) in [6, 6.07) is 10.3. The summed E-state index contributed by atoms with van der Waals surface area (Å²) in [7, 11) is 4.86. The molecule has 1 aliphatic carbocycles. The van der Waals surface area contributed by atoms with E-state index in [0.717, 1.165) is 5.76 Å². The summed E-state index contributed by atoms with van der Waals surface area (Å²) >= 11 is 0. The molecule has 1 aromatic carbocycles. The average molecular weight is 304 g/mol. The lowest BCUT2D eigenvalue weighted by molar-refractivity contribution is -0.138. The molecular formula is C18H24O4. The van der Waals surface area contributed by atoms with E-state index >= 15 is 0 Å². The van der Waals surface area contributed by atoms with Gasteiger partial charge in [-0.2, -0.15) is 0 Å². The molecule has 0 bridgehead atoms. The molecule has 0 aromatic heterocycles. The maximum Gasteiger partial charge on any atom is 0.191 e. The molecule has 4 heteroatoms. The Hall–Kier alpha value is -1.62. The molecule has 120 valence electrons. The summed E-state index contributed by atoms with van der Waals surface area (Å²) in [5.41, 5.74) is 0.644. The Balaban J connectivity index is 2.18. The summed E-state index contributed by atoms with van der Waals surface area (Å²) < 4.78 is 21.9. The van der Waals surface area contributed by atoms with Crippen LogP contribution in [0.5, 0.6) is 0 Å². The molecule has 0 heterocycles. The van der Waals surface area contributed by atoms with E-state index in [-0.39, 0.29) is 5.92 Å². The molecular weight excluding hydrogens is 280 g/mol. The van der Waals surface area contributed by atoms with Crippen LogP contribution in [0.1, 0.15) is 18.4 Å². The first-order chi connectivity index (χ1) is 10.6. The standard InChI is InChI=1S/C18H24O4/c1-18(21-4)11-10-15(14-8-6-5-7-9-14)12-16(18)22-13-17(19-2)20-3/h5-12,15,17H,13H2,1-4H3. The predicted octanol–water partition coefficient (Wildman–Crippen LogP) is 3.26. The fraction of sp³-hybridized carbons (Fsp3) is 0.444. The topological polar surface area (TPSA) is 36.9 Å². The number of benzene rings is 1. The van der Waals surface area contributed by atoms with Gasteiger partial charge in [0.1, 0.15) is 18.0 Å². The number of methoxy groups -OCH3 is 3. The second-order valence-electron chi connectivity index (χ2n) is 5.35. The van der Waals surface area contributed by atoms with E-state index in [9.17, 15) is 0 Å². The molecule has 0 radical (unpaired) electrons. The minimum atomic E-state index is -0.572. The zero-order valence-corrected chi connectivity index (χ0v) is 13.6. The van der Waals surface area contributed by atoms with Gasteiger partial charge in [0.2, 0.25) is 0 Å². The lowest BCUT2D eigenvalue weighted by atomic mass is 9.87. The summed E-state index contributed by atoms with van der Waals surface area (Å²) in [5, 5.41) is 0. The molecule has 2 atom stereocenters. The van der Waals surface area contributed by atoms with Crippen molar-refractivity contribution in [3.05, 3.63) is 59.9 Å². The van der Waals surface area contributed by atoms with Gasteiger partial charge in [0.25, 0.3) is 0 Å². The van der Waals surface area contributed by atoms with Crippen molar-refractivity contribution < 1.29 is 18.9 Å². The van der Waals surface area contributed by atoms with Gasteiger partial charge in [-0.3, -0.25) is 0 Å². The van der Waals surface area contributed by atoms with Crippen molar-refractivity contribution in [3.8, 4) is 0 Å². The zero-order valence-electron chi connectivity index (χ0n) is 13.6. The molecule has 22 heavy (non-hydrogen) atoms. The first kappa shape index (κ1) is 16.7. The van der Waals surface area contributed by atoms with Gasteiger partial charge in [-0.05, 0) is 24.6 Å². The van der Waals surface area contributed by atoms with Crippen LogP contribution in [0.4, 0.5) is 0 Å². The Labute approximate surface area is 132 Å². The highest BCUT2D eigenvalue weighted by Gasteiger charge is 2.32. The van der Waals surface area contributed by atoms with Crippen LogP contribution in [0.2, 0.25) is 0 Å². The van der Waals surface area contributed by atoms with Crippen molar-refractivity contribution in [2.24, 2.45) is 0 Å². The van der Waals surface area contributed by atoms with Crippen molar-refractivity contribution >= 4 is 0 Å². The van der Waals surface area contributed by atoms with Gasteiger partial charge in [0, 0.05) is 27.2 Å². The van der Waals surface area contributed by atoms with Crippen LogP contribution in [0.25, 0.3) is 0 Å². The molecule has 0 spiro atoms. The second-order valence-corrected chi connectivity index (χ2v) is 5.35. The molecule has 0 aliphatic heterocycles. The molecule has 0 saturated heterocycles. The number of hydrogen-bond acceptors (Lipinski definition) is 4. The van der Waals surface area contributed by atoms with E-state index in [1.165, 1.54) is 5.56 Å². The van der Waals surface area contributed by atoms with Crippen LogP contribution < -0.4 is 0 Å². The van der Waals surface area contributed by atoms with Gasteiger partial charge < -0.3 is 18.9 Å². The van der Waals surface area contributed by atoms with Crippen LogP contribution >= 0.6 is 0 Å². The molecule has 0 amide bonds. The number of hydrogen-bond donors (Lipinski definition) is 0. The van der Waals surface area contributed by atoms with E-state index in [2.05, 4.69) is 24.3 Å². The summed E-state index contributed by atoms with van der Waals surface area (Å²) in [6.07, 6.45) is 5.86. The van der Waals surface area contributed by atoms with E-state index in [4.69, 9.17) is 18.9 Å². The first-order valence-corrected chi connectivity index (χ1v) is 7.33. The lowest BCUT2D eigenvalue weighted by Gasteiger charge is -2.32. The van der Waals surface area contributed by atoms with E-state index in [1.54, 1.807) is 21.3 Å². The molecule has 0 N–H and O–H groups in total. The summed E-state index contributed by atoms with van der Waals surface area (Å²) in [4.78, 5) is 0. The quantitative estimate of drug-likeness (QED) is 0.572. The zero-order chi connectivity index (χ0) is 16.0. The number of allylic oxidation sites excluding steroid dienone is 2. The van der Waals surface area contributed by atoms with Crippen molar-refractivity contribution in [1.82, 2.24) is 0 Å². The number of rotatable bonds is 7. The fourth-order valence-corrected chi connectivity index (χ4v) is 2.39. The van der Waals surface area contributed by atoms with Crippen molar-refractivity contribution in [2.75, 3.05) is 27.9 Å². The smallest absolute Gasteiger partial charge is 0.191 e. The maximum atomic E-state index is 5.92. The summed E-state index contributed by atoms with van der Waals surface area (Å²) in [5.74, 6) is 0.938. The predicted molar refractivity (Wildman–Crippen MR) is 85.6 cm³/mol. The third-order valence-electron chi connectivity index (χ3n) is 3.95. The highest BCUT2D eigenvalue weighted by Crippen LogP contribution is 2.34. The molecule has 1 aliphatic rings. The number of ether oxygens (including phenoxy) is 4. The van der Waals surface area contributed by atoms with Gasteiger partial charge >= 0.3 is 0 Å². The molecule has 2 unspecified atom stereocenters. The van der Waals surface area contributed by atoms with E-state index in [0.29, 0.717) is 6.61 Å². The average Bonchev–Trinajstić information content (AvgIpc) is 2.58. The highest BCUT2D eigenvalue weighted by molar-refractivity contribution is 5.37. The van der Waals surface area contributed by atoms with Crippen molar-refractivity contribution in [3.63, 3.8) is 0 Å². The van der Waals surface area contributed by atoms with Gasteiger partial charge in [-0.15, -0.1) is 0 Å². The van der Waals surface area contributed by atoms with Gasteiger partial charge in [0.05, 0.1) is 0 Å². The second kappa shape index (κ2) is 7.58. The molecule has 2 rings (SSSR count). The van der Waals surface area contributed by atoms with Crippen LogP contribution in [0, 0.1) is 0 Å². The van der Waals surface area contributed by atoms with Crippen LogP contribution in [0.3, 0.4) is 0 Å². The van der Waals surface area contributed by atoms with Crippen LogP contribution in [0.15, 0.2) is 54.3 Å². The maximum absolute atomic E-state index is 5.92. The highest BCUT2D eigenvalue weighted by atomic mass is 16.7. The Bertz CT molecular complexity index is 519. The molecule has 4 nitrogen and oxygen atoms in total. The normalized spacial score (nSPS) is 24.4. The van der Waals surface area contributed by atoms with Crippen LogP contribution in [-0.2, 0) is 18.9 Å². The fourth-order valence-electron chi connectivity index (χ4n) is 2.39.